The molecule has 0 amide bonds. The first kappa shape index (κ1) is 51.4. The highest BCUT2D eigenvalue weighted by Gasteiger charge is 2.51. The van der Waals surface area contributed by atoms with Crippen molar-refractivity contribution in [1.29, 1.82) is 0 Å². The Morgan fingerprint density at radius 2 is 0.632 bits per heavy atom. The molecule has 68 heavy (non-hydrogen) atoms. The first-order valence-corrected chi connectivity index (χ1v) is 26.2. The van der Waals surface area contributed by atoms with E-state index in [2.05, 4.69) is 229 Å². The van der Waals surface area contributed by atoms with Crippen LogP contribution in [-0.4, -0.2) is 0 Å². The molecule has 4 aliphatic rings. The summed E-state index contributed by atoms with van der Waals surface area (Å²) in [6.07, 6.45) is 7.93. The fraction of sp³-hybridized carbons (Fsp3) is 0.324. The lowest BCUT2D eigenvalue weighted by Crippen LogP contribution is -2.28. The maximum Gasteiger partial charge on any atom is 0.0713 e. The molecule has 0 saturated heterocycles. The molecule has 0 radical (unpaired) electrons. The van der Waals surface area contributed by atoms with Gasteiger partial charge in [0.15, 0.2) is 0 Å². The Morgan fingerprint density at radius 1 is 0.338 bits per heavy atom. The molecule has 0 spiro atoms. The van der Waals surface area contributed by atoms with Gasteiger partial charge in [-0.15, -0.1) is 0 Å². The molecule has 3 saturated carbocycles. The average Bonchev–Trinajstić information content (AvgIpc) is 4.19. The van der Waals surface area contributed by atoms with E-state index in [0.717, 1.165) is 5.92 Å². The molecule has 12 rings (SSSR count). The van der Waals surface area contributed by atoms with Crippen molar-refractivity contribution < 1.29 is 0 Å². The smallest absolute Gasteiger partial charge is 0.0683 e. The third-order valence-electron chi connectivity index (χ3n) is 14.6. The van der Waals surface area contributed by atoms with E-state index < -0.39 is 0 Å². The summed E-state index contributed by atoms with van der Waals surface area (Å²) in [5.74, 6) is 5.78. The van der Waals surface area contributed by atoms with Crippen molar-refractivity contribution in [2.45, 2.75) is 114 Å². The van der Waals surface area contributed by atoms with Gasteiger partial charge in [-0.25, -0.2) is 0 Å². The molecule has 8 aromatic carbocycles. The molecule has 0 heterocycles. The molecular weight excluding hydrogens is 817 g/mol. The highest BCUT2D eigenvalue weighted by atomic mass is 14.6. The van der Waals surface area contributed by atoms with Crippen molar-refractivity contribution in [2.75, 3.05) is 0 Å². The molecule has 0 aliphatic heterocycles. The zero-order chi connectivity index (χ0) is 48.6. The van der Waals surface area contributed by atoms with Crippen LogP contribution in [0.15, 0.2) is 194 Å². The predicted octanol–water partition coefficient (Wildman–Crippen LogP) is 19.6. The number of hydrogen-bond donors (Lipinski definition) is 0. The predicted molar refractivity (Wildman–Crippen MR) is 299 cm³/mol. The van der Waals surface area contributed by atoms with Gasteiger partial charge in [-0.1, -0.05) is 265 Å². The third kappa shape index (κ3) is 11.5. The largest absolute Gasteiger partial charge is 0.0713 e. The van der Waals surface area contributed by atoms with Crippen molar-refractivity contribution in [3.63, 3.8) is 0 Å². The second kappa shape index (κ2) is 24.9. The Balaban J connectivity index is 0.000000156. The van der Waals surface area contributed by atoms with Gasteiger partial charge in [-0.2, -0.15) is 0 Å². The van der Waals surface area contributed by atoms with Crippen LogP contribution < -0.4 is 0 Å². The van der Waals surface area contributed by atoms with E-state index in [-0.39, 0.29) is 5.41 Å². The summed E-state index contributed by atoms with van der Waals surface area (Å²) in [6.45, 7) is 23.0. The fourth-order valence-corrected chi connectivity index (χ4v) is 11.5. The Labute approximate surface area is 412 Å². The van der Waals surface area contributed by atoms with E-state index in [0.29, 0.717) is 0 Å². The number of fused-ring (bicyclic) bond motifs is 9. The summed E-state index contributed by atoms with van der Waals surface area (Å²) < 4.78 is 0. The minimum absolute atomic E-state index is 0.269. The molecule has 352 valence electrons. The van der Waals surface area contributed by atoms with Crippen LogP contribution in [0.2, 0.25) is 0 Å². The van der Waals surface area contributed by atoms with Crippen molar-refractivity contribution >= 4 is 10.8 Å². The second-order valence-electron chi connectivity index (χ2n) is 18.9. The quantitative estimate of drug-likeness (QED) is 0.166. The summed E-state index contributed by atoms with van der Waals surface area (Å²) in [4.78, 5) is 0. The Bertz CT molecular complexity index is 2500. The van der Waals surface area contributed by atoms with Crippen LogP contribution in [-0.2, 0) is 5.41 Å². The van der Waals surface area contributed by atoms with Crippen LogP contribution in [0.5, 0.6) is 0 Å². The Morgan fingerprint density at radius 3 is 0.971 bits per heavy atom. The summed E-state index contributed by atoms with van der Waals surface area (Å²) in [5, 5.41) is 2.62. The highest BCUT2D eigenvalue weighted by molar-refractivity contribution is 5.86. The highest BCUT2D eigenvalue weighted by Crippen LogP contribution is 2.60. The molecule has 0 aromatic heterocycles. The van der Waals surface area contributed by atoms with E-state index in [1.165, 1.54) is 101 Å². The van der Waals surface area contributed by atoms with Gasteiger partial charge in [0.2, 0.25) is 0 Å². The zero-order valence-electron chi connectivity index (χ0n) is 43.4. The lowest BCUT2D eigenvalue weighted by Gasteiger charge is -2.34. The SMILES string of the molecule is CC.CC.CC.CC1CC2C3CCC(C3)C2C1.Cc1ccc(-c2ccc(C)cc2)cc1.Cc1ccc(C2(c3ccc(C)cc3)c3ccccc3-c3ccccc32)cc1.c1ccc2ccccc2c1. The maximum atomic E-state index is 2.46. The van der Waals surface area contributed by atoms with E-state index in [1.807, 2.05) is 41.5 Å². The Hall–Kier alpha value is -5.98. The standard InChI is InChI=1S/C27H22.C14H14.C11H18.C10H8.3C2H6/c1-19-11-15-21(16-12-19)27(22-17-13-20(2)14-18-22)25-9-5-3-7-23(25)24-8-4-6-10-26(24)27;1-11-3-7-13(8-4-11)14-9-5-12(2)6-10-14;1-7-4-10-8-2-3-9(6-8)11(10)5-7;1-2-6-10-8-4-3-7-9(10)5-1;3*1-2/h3-18H,1-2H3;3-10H,1-2H3;7-11H,2-6H2,1H3;1-8H;3*1-2H3. The second-order valence-corrected chi connectivity index (χ2v) is 18.9. The van der Waals surface area contributed by atoms with Crippen molar-refractivity contribution in [2.24, 2.45) is 29.6 Å². The minimum Gasteiger partial charge on any atom is -0.0683 e. The first-order valence-electron chi connectivity index (χ1n) is 26.2. The molecule has 4 unspecified atom stereocenters. The average molecular weight is 897 g/mol. The molecule has 4 atom stereocenters. The molecule has 0 nitrogen and oxygen atoms in total. The lowest BCUT2D eigenvalue weighted by atomic mass is 9.67. The van der Waals surface area contributed by atoms with Gasteiger partial charge in [0.25, 0.3) is 0 Å². The van der Waals surface area contributed by atoms with Crippen LogP contribution in [0.1, 0.15) is 125 Å². The van der Waals surface area contributed by atoms with Gasteiger partial charge >= 0.3 is 0 Å². The van der Waals surface area contributed by atoms with Gasteiger partial charge < -0.3 is 0 Å². The third-order valence-corrected chi connectivity index (χ3v) is 14.6. The summed E-state index contributed by atoms with van der Waals surface area (Å²) in [5.41, 5.74) is 15.6. The summed E-state index contributed by atoms with van der Waals surface area (Å²) in [7, 11) is 0. The topological polar surface area (TPSA) is 0 Å². The van der Waals surface area contributed by atoms with Gasteiger partial charge in [0.05, 0.1) is 5.41 Å². The number of rotatable bonds is 3. The lowest BCUT2D eigenvalue weighted by molar-refractivity contribution is 0.259. The van der Waals surface area contributed by atoms with E-state index in [4.69, 9.17) is 0 Å². The van der Waals surface area contributed by atoms with Crippen LogP contribution in [0.4, 0.5) is 0 Å². The molecule has 0 N–H and O–H groups in total. The fourth-order valence-electron chi connectivity index (χ4n) is 11.5. The maximum absolute atomic E-state index is 2.46. The van der Waals surface area contributed by atoms with E-state index >= 15 is 0 Å². The molecular formula is C68H80. The number of aryl methyl sites for hydroxylation is 4. The normalized spacial score (nSPS) is 19.1. The summed E-state index contributed by atoms with van der Waals surface area (Å²) >= 11 is 0. The van der Waals surface area contributed by atoms with Crippen molar-refractivity contribution in [3.8, 4) is 22.3 Å². The molecule has 2 bridgehead atoms. The van der Waals surface area contributed by atoms with Crippen molar-refractivity contribution in [3.05, 3.63) is 239 Å². The Kier molecular flexibility index (Phi) is 18.8. The van der Waals surface area contributed by atoms with Gasteiger partial charge in [0.1, 0.15) is 0 Å². The van der Waals surface area contributed by atoms with E-state index in [9.17, 15) is 0 Å². The molecule has 4 aliphatic carbocycles. The number of hydrogen-bond acceptors (Lipinski definition) is 0. The van der Waals surface area contributed by atoms with Crippen molar-refractivity contribution in [1.82, 2.24) is 0 Å². The van der Waals surface area contributed by atoms with Crippen LogP contribution in [0, 0.1) is 57.3 Å². The van der Waals surface area contributed by atoms with Crippen LogP contribution >= 0.6 is 0 Å². The van der Waals surface area contributed by atoms with Gasteiger partial charge in [0, 0.05) is 0 Å². The molecule has 8 aromatic rings. The van der Waals surface area contributed by atoms with Gasteiger partial charge in [-0.05, 0) is 145 Å². The zero-order valence-corrected chi connectivity index (χ0v) is 43.4. The molecule has 0 heteroatoms. The van der Waals surface area contributed by atoms with Crippen LogP contribution in [0.3, 0.4) is 0 Å². The number of benzene rings is 8. The molecule has 3 fully saturated rings. The monoisotopic (exact) mass is 897 g/mol. The van der Waals surface area contributed by atoms with Crippen LogP contribution in [0.25, 0.3) is 33.0 Å². The summed E-state index contributed by atoms with van der Waals surface area (Å²) in [6, 6.07) is 69.9. The first-order chi connectivity index (χ1) is 33.3. The minimum atomic E-state index is -0.269. The van der Waals surface area contributed by atoms with E-state index in [1.54, 1.807) is 32.1 Å². The van der Waals surface area contributed by atoms with Gasteiger partial charge in [-0.3, -0.25) is 0 Å².